The van der Waals surface area contributed by atoms with Gasteiger partial charge in [-0.15, -0.1) is 11.1 Å². The van der Waals surface area contributed by atoms with Gasteiger partial charge in [-0.2, -0.15) is 0 Å². The lowest BCUT2D eigenvalue weighted by atomic mass is 10.0. The summed E-state index contributed by atoms with van der Waals surface area (Å²) in [5.41, 5.74) is 19.2. The largest absolute Gasteiger partial charge is 0.268 e. The molecule has 5 aromatic carbocycles. The van der Waals surface area contributed by atoms with E-state index < -0.39 is 16.1 Å². The fraction of sp³-hybridized carbons (Fsp3) is 0.346. The number of rotatable bonds is 6. The van der Waals surface area contributed by atoms with Gasteiger partial charge in [-0.1, -0.05) is 162 Å². The van der Waals surface area contributed by atoms with Gasteiger partial charge in [-0.25, -0.2) is 15.0 Å². The first kappa shape index (κ1) is 39.1. The second-order valence-electron chi connectivity index (χ2n) is 18.9. The Bertz CT molecular complexity index is 3190. The molecule has 0 N–H and O–H groups in total. The number of hydrogen-bond donors (Lipinski definition) is 0. The Morgan fingerprint density at radius 3 is 1.41 bits per heavy atom. The second kappa shape index (κ2) is 13.9. The SMILES string of the molecule is CC(C)[Si](C#Cc1c2nc3c(nc2c(C#C[Si](C(C)C)(C(C)C)C(C)C)c2c1nc1c4cccc5cccc(c(=O)n12)c54)-c1cccc2cccc-3c12)(C(C)C)C(C)C. The maximum Gasteiger partial charge on any atom is 0.264 e. The van der Waals surface area contributed by atoms with E-state index in [4.69, 9.17) is 15.0 Å². The first-order valence-corrected chi connectivity index (χ1v) is 26.1. The molecule has 0 atom stereocenters. The topological polar surface area (TPSA) is 60.2 Å². The normalized spacial score (nSPS) is 13.1. The Labute approximate surface area is 350 Å². The van der Waals surface area contributed by atoms with E-state index in [0.717, 1.165) is 55.2 Å². The maximum atomic E-state index is 15.2. The molecule has 0 fully saturated rings. The highest BCUT2D eigenvalue weighted by Gasteiger charge is 2.43. The van der Waals surface area contributed by atoms with Crippen LogP contribution in [0.5, 0.6) is 0 Å². The predicted octanol–water partition coefficient (Wildman–Crippen LogP) is 13.5. The molecule has 0 bridgehead atoms. The monoisotopic (exact) mass is 806 g/mol. The smallest absolute Gasteiger partial charge is 0.264 e. The van der Waals surface area contributed by atoms with E-state index in [1.165, 1.54) is 5.39 Å². The van der Waals surface area contributed by atoms with Crippen molar-refractivity contribution in [3.05, 3.63) is 94.3 Å². The number of fused-ring (bicyclic) bond motifs is 8. The Morgan fingerprint density at radius 1 is 0.492 bits per heavy atom. The first-order valence-electron chi connectivity index (χ1n) is 21.6. The van der Waals surface area contributed by atoms with Gasteiger partial charge in [-0.05, 0) is 50.1 Å². The summed E-state index contributed by atoms with van der Waals surface area (Å²) in [5.74, 6) is 7.73. The molecule has 8 aromatic rings. The third-order valence-electron chi connectivity index (χ3n) is 14.3. The molecule has 7 heteroatoms. The van der Waals surface area contributed by atoms with Crippen molar-refractivity contribution in [3.8, 4) is 45.4 Å². The van der Waals surface area contributed by atoms with Gasteiger partial charge in [0.2, 0.25) is 0 Å². The molecule has 1 aliphatic rings. The van der Waals surface area contributed by atoms with Gasteiger partial charge in [0.1, 0.15) is 38.3 Å². The minimum absolute atomic E-state index is 0.102. The Hall–Kier alpha value is -5.35. The van der Waals surface area contributed by atoms with Crippen molar-refractivity contribution in [1.82, 2.24) is 19.4 Å². The molecule has 0 spiro atoms. The van der Waals surface area contributed by atoms with Gasteiger partial charge in [-0.3, -0.25) is 9.20 Å². The highest BCUT2D eigenvalue weighted by molar-refractivity contribution is 6.91. The molecule has 9 rings (SSSR count). The molecule has 5 nitrogen and oxygen atoms in total. The number of nitrogens with zero attached hydrogens (tertiary/aromatic N) is 4. The van der Waals surface area contributed by atoms with Crippen LogP contribution in [0.15, 0.2) is 77.6 Å². The molecule has 0 unspecified atom stereocenters. The fourth-order valence-electron chi connectivity index (χ4n) is 11.6. The molecule has 1 aliphatic carbocycles. The number of aromatic nitrogens is 4. The highest BCUT2D eigenvalue weighted by Crippen LogP contribution is 2.48. The summed E-state index contributed by atoms with van der Waals surface area (Å²) in [6.45, 7) is 28.1. The van der Waals surface area contributed by atoms with Gasteiger partial charge >= 0.3 is 0 Å². The summed E-state index contributed by atoms with van der Waals surface area (Å²) in [7, 11) is -4.50. The lowest BCUT2D eigenvalue weighted by molar-refractivity contribution is 0.838. The fourth-order valence-corrected chi connectivity index (χ4v) is 22.0. The summed E-state index contributed by atoms with van der Waals surface area (Å²) >= 11 is 0. The summed E-state index contributed by atoms with van der Waals surface area (Å²) in [6.07, 6.45) is 0. The first-order chi connectivity index (χ1) is 28.1. The van der Waals surface area contributed by atoms with Crippen LogP contribution in [-0.4, -0.2) is 35.5 Å². The number of benzene rings is 5. The van der Waals surface area contributed by atoms with Crippen molar-refractivity contribution < 1.29 is 0 Å². The quantitative estimate of drug-likeness (QED) is 0.124. The van der Waals surface area contributed by atoms with Crippen molar-refractivity contribution in [2.75, 3.05) is 0 Å². The Balaban J connectivity index is 1.56. The van der Waals surface area contributed by atoms with Gasteiger partial charge in [0, 0.05) is 32.7 Å². The molecule has 0 amide bonds. The van der Waals surface area contributed by atoms with Crippen molar-refractivity contribution >= 4 is 76.2 Å². The van der Waals surface area contributed by atoms with E-state index in [1.54, 1.807) is 0 Å². The van der Waals surface area contributed by atoms with Gasteiger partial charge < -0.3 is 0 Å². The molecular formula is C52H54N4OSi2. The average Bonchev–Trinajstić information content (AvgIpc) is 3.74. The maximum absolute atomic E-state index is 15.2. The Kier molecular flexibility index (Phi) is 9.20. The predicted molar refractivity (Wildman–Crippen MR) is 256 cm³/mol. The number of pyridine rings is 1. The van der Waals surface area contributed by atoms with Crippen LogP contribution in [0.2, 0.25) is 33.2 Å². The van der Waals surface area contributed by atoms with Crippen molar-refractivity contribution in [2.45, 2.75) is 116 Å². The zero-order valence-electron chi connectivity index (χ0n) is 36.6. The average molecular weight is 807 g/mol. The molecular weight excluding hydrogens is 753 g/mol. The van der Waals surface area contributed by atoms with Gasteiger partial charge in [0.05, 0.1) is 28.0 Å². The molecule has 0 aliphatic heterocycles. The summed E-state index contributed by atoms with van der Waals surface area (Å²) in [6, 6.07) is 25.1. The summed E-state index contributed by atoms with van der Waals surface area (Å²) in [4.78, 5) is 32.0. The van der Waals surface area contributed by atoms with Crippen LogP contribution in [0, 0.1) is 22.9 Å². The lowest BCUT2D eigenvalue weighted by Crippen LogP contribution is -2.43. The zero-order chi connectivity index (χ0) is 41.9. The van der Waals surface area contributed by atoms with Crippen molar-refractivity contribution in [2.24, 2.45) is 0 Å². The molecule has 3 aromatic heterocycles. The number of imidazole rings is 1. The van der Waals surface area contributed by atoms with E-state index in [1.807, 2.05) is 16.5 Å². The van der Waals surface area contributed by atoms with Crippen LogP contribution >= 0.6 is 0 Å². The Morgan fingerprint density at radius 2 is 0.915 bits per heavy atom. The zero-order valence-corrected chi connectivity index (χ0v) is 38.6. The van der Waals surface area contributed by atoms with Crippen LogP contribution in [0.3, 0.4) is 0 Å². The third kappa shape index (κ3) is 5.37. The molecule has 3 heterocycles. The van der Waals surface area contributed by atoms with Crippen LogP contribution in [0.4, 0.5) is 0 Å². The molecule has 296 valence electrons. The standard InChI is InChI=1S/C52H54N4OSi2/c1-29(2)58(30(3)4,31(5)6)27-25-41-47-48(54-46-38-22-14-18-35-17-13-21-37(43(35)38)45(46)53-47)42(26-28-59(32(7)8,33(9)10)34(11)12)50-49(41)55-51-39-23-15-19-36-20-16-24-40(44(36)39)52(57)56(50)51/h13-24,29-34H,1-12H3. The van der Waals surface area contributed by atoms with Crippen LogP contribution in [0.25, 0.3) is 82.5 Å². The van der Waals surface area contributed by atoms with Crippen molar-refractivity contribution in [1.29, 1.82) is 0 Å². The summed E-state index contributed by atoms with van der Waals surface area (Å²) in [5, 5.41) is 5.89. The van der Waals surface area contributed by atoms with Crippen LogP contribution in [-0.2, 0) is 0 Å². The van der Waals surface area contributed by atoms with E-state index in [-0.39, 0.29) is 5.56 Å². The van der Waals surface area contributed by atoms with Gasteiger partial charge in [0.25, 0.3) is 5.56 Å². The molecule has 0 radical (unpaired) electrons. The van der Waals surface area contributed by atoms with Crippen LogP contribution in [0.1, 0.15) is 94.2 Å². The second-order valence-corrected chi connectivity index (χ2v) is 30.0. The van der Waals surface area contributed by atoms with E-state index >= 15 is 4.79 Å². The van der Waals surface area contributed by atoms with E-state index in [0.29, 0.717) is 66.3 Å². The number of hydrogen-bond acceptors (Lipinski definition) is 4. The minimum atomic E-state index is -2.26. The third-order valence-corrected chi connectivity index (χ3v) is 26.8. The minimum Gasteiger partial charge on any atom is -0.268 e. The molecule has 59 heavy (non-hydrogen) atoms. The van der Waals surface area contributed by atoms with Crippen molar-refractivity contribution in [3.63, 3.8) is 0 Å². The highest BCUT2D eigenvalue weighted by atomic mass is 28.3. The lowest BCUT2D eigenvalue weighted by Gasteiger charge is -2.38. The van der Waals surface area contributed by atoms with E-state index in [9.17, 15) is 0 Å². The van der Waals surface area contributed by atoms with Gasteiger partial charge in [0.15, 0.2) is 0 Å². The summed E-state index contributed by atoms with van der Waals surface area (Å²) < 4.78 is 1.84. The molecule has 0 saturated heterocycles. The van der Waals surface area contributed by atoms with E-state index in [2.05, 4.69) is 167 Å². The van der Waals surface area contributed by atoms with Crippen LogP contribution < -0.4 is 5.56 Å². The molecule has 0 saturated carbocycles.